The van der Waals surface area contributed by atoms with Gasteiger partial charge < -0.3 is 10.8 Å². The molecule has 3 heteroatoms. The Morgan fingerprint density at radius 2 is 1.78 bits per heavy atom. The van der Waals surface area contributed by atoms with Crippen LogP contribution in [0.3, 0.4) is 0 Å². The lowest BCUT2D eigenvalue weighted by Crippen LogP contribution is -2.33. The van der Waals surface area contributed by atoms with Crippen molar-refractivity contribution in [2.45, 2.75) is 38.8 Å². The fourth-order valence-electron chi connectivity index (χ4n) is 0.575. The molecule has 2 nitrogen and oxygen atoms in total. The molecule has 0 saturated carbocycles. The average Bonchev–Trinajstić information content (AvgIpc) is 1.84. The second-order valence-corrected chi connectivity index (χ2v) is 2.05. The van der Waals surface area contributed by atoms with Gasteiger partial charge in [-0.1, -0.05) is 13.8 Å². The van der Waals surface area contributed by atoms with Crippen molar-refractivity contribution >= 4 is 12.4 Å². The fourth-order valence-corrected chi connectivity index (χ4v) is 0.575. The number of hydrogen-bond acceptors (Lipinski definition) is 2. The smallest absolute Gasteiger partial charge is 0.0688 e. The molecule has 3 N–H and O–H groups in total. The monoisotopic (exact) mass is 153 g/mol. The highest BCUT2D eigenvalue weighted by Gasteiger charge is 2.08. The summed E-state index contributed by atoms with van der Waals surface area (Å²) in [5.41, 5.74) is 5.48. The lowest BCUT2D eigenvalue weighted by Gasteiger charge is -2.13. The minimum atomic E-state index is -0.306. The molecule has 0 aliphatic carbocycles. The second-order valence-electron chi connectivity index (χ2n) is 2.05. The molecule has 0 aromatic rings. The third-order valence-corrected chi connectivity index (χ3v) is 1.38. The molecule has 0 bridgehead atoms. The van der Waals surface area contributed by atoms with Gasteiger partial charge >= 0.3 is 0 Å². The van der Waals surface area contributed by atoms with Gasteiger partial charge in [-0.25, -0.2) is 0 Å². The Labute approximate surface area is 62.9 Å². The molecule has 0 amide bonds. The van der Waals surface area contributed by atoms with Gasteiger partial charge in [-0.3, -0.25) is 0 Å². The summed E-state index contributed by atoms with van der Waals surface area (Å²) in [6, 6.07) is -0.0278. The van der Waals surface area contributed by atoms with Crippen LogP contribution in [0.15, 0.2) is 0 Å². The highest BCUT2D eigenvalue weighted by Crippen LogP contribution is 1.97. The third kappa shape index (κ3) is 4.70. The van der Waals surface area contributed by atoms with Crippen molar-refractivity contribution in [2.24, 2.45) is 5.73 Å². The van der Waals surface area contributed by atoms with E-state index in [-0.39, 0.29) is 24.6 Å². The summed E-state index contributed by atoms with van der Waals surface area (Å²) in [4.78, 5) is 0. The van der Waals surface area contributed by atoms with Crippen LogP contribution in [0.1, 0.15) is 26.7 Å². The van der Waals surface area contributed by atoms with E-state index in [0.717, 1.165) is 12.8 Å². The van der Waals surface area contributed by atoms with Crippen molar-refractivity contribution in [1.82, 2.24) is 0 Å². The van der Waals surface area contributed by atoms with Gasteiger partial charge in [0, 0.05) is 6.04 Å². The summed E-state index contributed by atoms with van der Waals surface area (Å²) in [5, 5.41) is 9.00. The molecule has 0 fully saturated rings. The van der Waals surface area contributed by atoms with Crippen LogP contribution in [-0.4, -0.2) is 17.3 Å². The van der Waals surface area contributed by atoms with Gasteiger partial charge in [-0.2, -0.15) is 0 Å². The maximum Gasteiger partial charge on any atom is 0.0688 e. The van der Waals surface area contributed by atoms with Crippen LogP contribution < -0.4 is 5.73 Å². The summed E-state index contributed by atoms with van der Waals surface area (Å²) in [7, 11) is 0. The molecule has 0 spiro atoms. The minimum Gasteiger partial charge on any atom is -0.392 e. The molecule has 9 heavy (non-hydrogen) atoms. The number of nitrogens with two attached hydrogens (primary N) is 1. The maximum absolute atomic E-state index is 9.00. The van der Waals surface area contributed by atoms with E-state index in [1.165, 1.54) is 0 Å². The van der Waals surface area contributed by atoms with Crippen molar-refractivity contribution in [2.75, 3.05) is 0 Å². The van der Waals surface area contributed by atoms with Crippen molar-refractivity contribution in [1.29, 1.82) is 0 Å². The van der Waals surface area contributed by atoms with E-state index in [2.05, 4.69) is 0 Å². The Morgan fingerprint density at radius 1 is 1.33 bits per heavy atom. The van der Waals surface area contributed by atoms with Crippen LogP contribution in [-0.2, 0) is 0 Å². The lowest BCUT2D eigenvalue weighted by atomic mass is 10.1. The Balaban J connectivity index is 0. The van der Waals surface area contributed by atoms with Crippen LogP contribution in [0.5, 0.6) is 0 Å². The molecule has 0 radical (unpaired) electrons. The highest BCUT2D eigenvalue weighted by atomic mass is 35.5. The molecular formula is C6H16ClNO. The SMILES string of the molecule is CCC(N)C(O)CC.Cl. The molecule has 0 heterocycles. The van der Waals surface area contributed by atoms with E-state index < -0.39 is 0 Å². The summed E-state index contributed by atoms with van der Waals surface area (Å²) in [6.07, 6.45) is 1.31. The summed E-state index contributed by atoms with van der Waals surface area (Å²) in [5.74, 6) is 0. The predicted molar refractivity (Wildman–Crippen MR) is 41.8 cm³/mol. The molecular weight excluding hydrogens is 138 g/mol. The molecule has 0 aliphatic heterocycles. The van der Waals surface area contributed by atoms with E-state index in [1.54, 1.807) is 0 Å². The quantitative estimate of drug-likeness (QED) is 0.634. The second kappa shape index (κ2) is 6.33. The number of aliphatic hydroxyl groups is 1. The standard InChI is InChI=1S/C6H15NO.ClH/c1-3-5(7)6(8)4-2;/h5-6,8H,3-4,7H2,1-2H3;1H. The Hall–Kier alpha value is 0.210. The molecule has 0 saturated heterocycles. The van der Waals surface area contributed by atoms with E-state index in [1.807, 2.05) is 13.8 Å². The molecule has 2 unspecified atom stereocenters. The summed E-state index contributed by atoms with van der Waals surface area (Å²) >= 11 is 0. The number of rotatable bonds is 3. The van der Waals surface area contributed by atoms with Gasteiger partial charge in [-0.15, -0.1) is 12.4 Å². The van der Waals surface area contributed by atoms with Crippen molar-refractivity contribution < 1.29 is 5.11 Å². The van der Waals surface area contributed by atoms with Crippen LogP contribution in [0, 0.1) is 0 Å². The summed E-state index contributed by atoms with van der Waals surface area (Å²) in [6.45, 7) is 3.91. The molecule has 58 valence electrons. The van der Waals surface area contributed by atoms with E-state index in [4.69, 9.17) is 10.8 Å². The van der Waals surface area contributed by atoms with Gasteiger partial charge in [0.25, 0.3) is 0 Å². The zero-order valence-corrected chi connectivity index (χ0v) is 6.82. The van der Waals surface area contributed by atoms with Gasteiger partial charge in [0.2, 0.25) is 0 Å². The van der Waals surface area contributed by atoms with Crippen molar-refractivity contribution in [3.8, 4) is 0 Å². The Bertz CT molecular complexity index is 53.0. The zero-order chi connectivity index (χ0) is 6.57. The molecule has 0 aliphatic rings. The van der Waals surface area contributed by atoms with Crippen LogP contribution in [0.2, 0.25) is 0 Å². The van der Waals surface area contributed by atoms with E-state index in [9.17, 15) is 0 Å². The van der Waals surface area contributed by atoms with Gasteiger partial charge in [0.05, 0.1) is 6.10 Å². The van der Waals surface area contributed by atoms with Crippen LogP contribution in [0.4, 0.5) is 0 Å². The molecule has 0 aromatic heterocycles. The van der Waals surface area contributed by atoms with Crippen molar-refractivity contribution in [3.05, 3.63) is 0 Å². The van der Waals surface area contributed by atoms with Gasteiger partial charge in [0.15, 0.2) is 0 Å². The first-order valence-electron chi connectivity index (χ1n) is 3.16. The topological polar surface area (TPSA) is 46.2 Å². The Kier molecular flexibility index (Phi) is 8.40. The Morgan fingerprint density at radius 3 is 1.89 bits per heavy atom. The molecule has 0 aromatic carbocycles. The van der Waals surface area contributed by atoms with Gasteiger partial charge in [-0.05, 0) is 12.8 Å². The average molecular weight is 154 g/mol. The maximum atomic E-state index is 9.00. The predicted octanol–water partition coefficient (Wildman–Crippen LogP) is 0.916. The first-order chi connectivity index (χ1) is 3.72. The van der Waals surface area contributed by atoms with Crippen LogP contribution >= 0.6 is 12.4 Å². The van der Waals surface area contributed by atoms with Crippen LogP contribution in [0.25, 0.3) is 0 Å². The summed E-state index contributed by atoms with van der Waals surface area (Å²) < 4.78 is 0. The molecule has 2 atom stereocenters. The first kappa shape index (κ1) is 11.9. The first-order valence-corrected chi connectivity index (χ1v) is 3.16. The van der Waals surface area contributed by atoms with Crippen molar-refractivity contribution in [3.63, 3.8) is 0 Å². The zero-order valence-electron chi connectivity index (χ0n) is 6.00. The number of halogens is 1. The molecule has 0 rings (SSSR count). The number of aliphatic hydroxyl groups excluding tert-OH is 1. The third-order valence-electron chi connectivity index (χ3n) is 1.38. The van der Waals surface area contributed by atoms with Gasteiger partial charge in [0.1, 0.15) is 0 Å². The highest BCUT2D eigenvalue weighted by molar-refractivity contribution is 5.85. The minimum absolute atomic E-state index is 0. The fraction of sp³-hybridized carbons (Fsp3) is 1.00. The normalized spacial score (nSPS) is 16.0. The number of hydrogen-bond donors (Lipinski definition) is 2. The van der Waals surface area contributed by atoms with E-state index in [0.29, 0.717) is 0 Å². The largest absolute Gasteiger partial charge is 0.392 e. The lowest BCUT2D eigenvalue weighted by molar-refractivity contribution is 0.138. The van der Waals surface area contributed by atoms with E-state index >= 15 is 0 Å².